The third kappa shape index (κ3) is 2.88. The summed E-state index contributed by atoms with van der Waals surface area (Å²) in [6, 6.07) is 14.1. The summed E-state index contributed by atoms with van der Waals surface area (Å²) in [6.07, 6.45) is 4.77. The van der Waals surface area contributed by atoms with Crippen molar-refractivity contribution < 1.29 is 9.21 Å². The van der Waals surface area contributed by atoms with E-state index in [-0.39, 0.29) is 12.5 Å². The van der Waals surface area contributed by atoms with Crippen molar-refractivity contribution in [3.05, 3.63) is 72.6 Å². The van der Waals surface area contributed by atoms with Gasteiger partial charge in [0.2, 0.25) is 5.89 Å². The van der Waals surface area contributed by atoms with Gasteiger partial charge in [0.1, 0.15) is 6.26 Å². The van der Waals surface area contributed by atoms with E-state index >= 15 is 0 Å². The number of carbonyl (C=O) groups excluding carboxylic acids is 1. The quantitative estimate of drug-likeness (QED) is 0.489. The highest BCUT2D eigenvalue weighted by Gasteiger charge is 2.15. The molecule has 2 aromatic carbocycles. The molecule has 0 fully saturated rings. The Bertz CT molecular complexity index is 1220. The van der Waals surface area contributed by atoms with Gasteiger partial charge < -0.3 is 9.73 Å². The van der Waals surface area contributed by atoms with Crippen LogP contribution >= 0.6 is 11.3 Å². The minimum atomic E-state index is -0.182. The lowest BCUT2D eigenvalue weighted by Crippen LogP contribution is -2.22. The van der Waals surface area contributed by atoms with Crippen LogP contribution < -0.4 is 5.32 Å². The summed E-state index contributed by atoms with van der Waals surface area (Å²) in [5, 5.41) is 12.1. The van der Waals surface area contributed by atoms with Crippen molar-refractivity contribution in [2.45, 2.75) is 6.54 Å². The number of fused-ring (bicyclic) bond motifs is 2. The van der Waals surface area contributed by atoms with Crippen molar-refractivity contribution in [1.29, 1.82) is 0 Å². The van der Waals surface area contributed by atoms with Gasteiger partial charge in [-0.3, -0.25) is 9.89 Å². The average molecular weight is 374 g/mol. The van der Waals surface area contributed by atoms with Crippen LogP contribution in [0.3, 0.4) is 0 Å². The van der Waals surface area contributed by atoms with Gasteiger partial charge >= 0.3 is 0 Å². The van der Waals surface area contributed by atoms with E-state index in [0.717, 1.165) is 21.3 Å². The predicted octanol–water partition coefficient (Wildman–Crippen LogP) is 4.36. The molecule has 0 aliphatic heterocycles. The van der Waals surface area contributed by atoms with Gasteiger partial charge in [0, 0.05) is 26.1 Å². The van der Waals surface area contributed by atoms with Gasteiger partial charge in [-0.1, -0.05) is 18.2 Å². The van der Waals surface area contributed by atoms with Gasteiger partial charge in [-0.05, 0) is 29.7 Å². The van der Waals surface area contributed by atoms with Crippen molar-refractivity contribution in [2.75, 3.05) is 0 Å². The summed E-state index contributed by atoms with van der Waals surface area (Å²) in [6.45, 7) is 0.244. The first-order valence-corrected chi connectivity index (χ1v) is 9.22. The van der Waals surface area contributed by atoms with Gasteiger partial charge in [-0.2, -0.15) is 5.10 Å². The molecular weight excluding hydrogens is 360 g/mol. The van der Waals surface area contributed by atoms with E-state index in [1.807, 2.05) is 24.3 Å². The summed E-state index contributed by atoms with van der Waals surface area (Å²) >= 11 is 1.70. The number of thiophene rings is 1. The van der Waals surface area contributed by atoms with Crippen LogP contribution in [0.25, 0.3) is 31.4 Å². The number of nitrogens with zero attached hydrogens (tertiary/aromatic N) is 2. The van der Waals surface area contributed by atoms with E-state index in [1.165, 1.54) is 16.3 Å². The minimum absolute atomic E-state index is 0.182. The van der Waals surface area contributed by atoms with Crippen LogP contribution in [0, 0.1) is 0 Å². The zero-order valence-corrected chi connectivity index (χ0v) is 14.9. The van der Waals surface area contributed by atoms with Crippen LogP contribution in [-0.4, -0.2) is 21.1 Å². The normalized spacial score (nSPS) is 11.3. The zero-order valence-electron chi connectivity index (χ0n) is 14.1. The largest absolute Gasteiger partial charge is 0.447 e. The Balaban J connectivity index is 1.55. The van der Waals surface area contributed by atoms with Crippen LogP contribution in [0.15, 0.2) is 65.5 Å². The Kier molecular flexibility index (Phi) is 3.72. The zero-order chi connectivity index (χ0) is 18.2. The molecular formula is C20H14N4O2S. The first-order valence-electron chi connectivity index (χ1n) is 8.40. The predicted molar refractivity (Wildman–Crippen MR) is 105 cm³/mol. The van der Waals surface area contributed by atoms with Gasteiger partial charge in [0.15, 0.2) is 0 Å². The molecule has 7 heteroatoms. The van der Waals surface area contributed by atoms with Crippen molar-refractivity contribution >= 4 is 38.2 Å². The molecule has 0 saturated heterocycles. The molecule has 0 spiro atoms. The number of hydrogen-bond acceptors (Lipinski definition) is 5. The lowest BCUT2D eigenvalue weighted by molar-refractivity contribution is 0.0947. The summed E-state index contributed by atoms with van der Waals surface area (Å²) in [4.78, 5) is 17.8. The molecule has 0 saturated carbocycles. The molecule has 0 radical (unpaired) electrons. The smallest absolute Gasteiger partial charge is 0.251 e. The molecule has 132 valence electrons. The van der Waals surface area contributed by atoms with E-state index in [1.54, 1.807) is 23.7 Å². The van der Waals surface area contributed by atoms with Crippen LogP contribution in [0.2, 0.25) is 0 Å². The standard InChI is InChI=1S/C20H14N4O2S/c25-20(22-11-18-21-5-6-26-18)13-7-14-10-23-24-19(14)15(8-13)17-9-12-3-1-2-4-16(12)27-17/h1-10H,11H2,(H,22,25)(H,23,24). The lowest BCUT2D eigenvalue weighted by Gasteiger charge is -2.06. The number of hydrogen-bond donors (Lipinski definition) is 2. The molecule has 0 aliphatic rings. The van der Waals surface area contributed by atoms with E-state index in [9.17, 15) is 4.79 Å². The average Bonchev–Trinajstić information content (AvgIpc) is 3.45. The van der Waals surface area contributed by atoms with Gasteiger partial charge in [0.05, 0.1) is 24.5 Å². The number of aromatic amines is 1. The van der Waals surface area contributed by atoms with E-state index in [4.69, 9.17) is 4.42 Å². The molecule has 27 heavy (non-hydrogen) atoms. The number of rotatable bonds is 4. The molecule has 0 bridgehead atoms. The fraction of sp³-hybridized carbons (Fsp3) is 0.0500. The van der Waals surface area contributed by atoms with Crippen molar-refractivity contribution in [1.82, 2.24) is 20.5 Å². The molecule has 6 nitrogen and oxygen atoms in total. The third-order valence-electron chi connectivity index (χ3n) is 4.39. The molecule has 0 atom stereocenters. The van der Waals surface area contributed by atoms with Crippen LogP contribution in [0.4, 0.5) is 0 Å². The maximum Gasteiger partial charge on any atom is 0.251 e. The van der Waals surface area contributed by atoms with Gasteiger partial charge in [0.25, 0.3) is 5.91 Å². The number of benzene rings is 2. The fourth-order valence-electron chi connectivity index (χ4n) is 3.10. The highest BCUT2D eigenvalue weighted by molar-refractivity contribution is 7.22. The highest BCUT2D eigenvalue weighted by atomic mass is 32.1. The maximum absolute atomic E-state index is 12.7. The SMILES string of the molecule is O=C(NCc1ncco1)c1cc(-c2cc3ccccc3s2)c2[nH]ncc2c1. The van der Waals surface area contributed by atoms with Gasteiger partial charge in [-0.15, -0.1) is 11.3 Å². The number of oxazole rings is 1. The second kappa shape index (κ2) is 6.37. The summed E-state index contributed by atoms with van der Waals surface area (Å²) in [5.41, 5.74) is 2.46. The monoisotopic (exact) mass is 374 g/mol. The van der Waals surface area contributed by atoms with Crippen molar-refractivity contribution in [3.63, 3.8) is 0 Å². The Morgan fingerprint density at radius 3 is 2.96 bits per heavy atom. The number of nitrogens with one attached hydrogen (secondary N) is 2. The first-order chi connectivity index (χ1) is 13.3. The van der Waals surface area contributed by atoms with E-state index < -0.39 is 0 Å². The van der Waals surface area contributed by atoms with E-state index in [0.29, 0.717) is 11.5 Å². The lowest BCUT2D eigenvalue weighted by atomic mass is 10.0. The Morgan fingerprint density at radius 1 is 1.19 bits per heavy atom. The summed E-state index contributed by atoms with van der Waals surface area (Å²) in [7, 11) is 0. The first kappa shape index (κ1) is 15.8. The molecule has 5 rings (SSSR count). The topological polar surface area (TPSA) is 83.8 Å². The fourth-order valence-corrected chi connectivity index (χ4v) is 4.18. The Hall–Kier alpha value is -3.45. The number of aromatic nitrogens is 3. The van der Waals surface area contributed by atoms with Crippen LogP contribution in [-0.2, 0) is 6.54 Å². The number of carbonyl (C=O) groups is 1. The minimum Gasteiger partial charge on any atom is -0.447 e. The van der Waals surface area contributed by atoms with Crippen LogP contribution in [0.5, 0.6) is 0 Å². The molecule has 1 amide bonds. The molecule has 2 N–H and O–H groups in total. The second-order valence-electron chi connectivity index (χ2n) is 6.12. The molecule has 3 heterocycles. The molecule has 5 aromatic rings. The second-order valence-corrected chi connectivity index (χ2v) is 7.20. The van der Waals surface area contributed by atoms with Gasteiger partial charge in [-0.25, -0.2) is 4.98 Å². The highest BCUT2D eigenvalue weighted by Crippen LogP contribution is 2.37. The van der Waals surface area contributed by atoms with E-state index in [2.05, 4.69) is 38.7 Å². The summed E-state index contributed by atoms with van der Waals surface area (Å²) in [5.74, 6) is 0.288. The molecule has 3 aromatic heterocycles. The van der Waals surface area contributed by atoms with Crippen LogP contribution in [0.1, 0.15) is 16.2 Å². The number of amides is 1. The number of H-pyrrole nitrogens is 1. The maximum atomic E-state index is 12.7. The third-order valence-corrected chi connectivity index (χ3v) is 5.54. The van der Waals surface area contributed by atoms with Crippen molar-refractivity contribution in [3.8, 4) is 10.4 Å². The molecule has 0 aliphatic carbocycles. The molecule has 0 unspecified atom stereocenters. The summed E-state index contributed by atoms with van der Waals surface area (Å²) < 4.78 is 6.37. The Labute approximate surface area is 157 Å². The van der Waals surface area contributed by atoms with Crippen molar-refractivity contribution in [2.24, 2.45) is 0 Å². The Morgan fingerprint density at radius 2 is 2.11 bits per heavy atom.